The molecular weight excluding hydrogens is 474 g/mol. The van der Waals surface area contributed by atoms with Gasteiger partial charge in [-0.15, -0.1) is 0 Å². The van der Waals surface area contributed by atoms with Crippen molar-refractivity contribution in [2.24, 2.45) is 0 Å². The third-order valence-electron chi connectivity index (χ3n) is 5.83. The minimum absolute atomic E-state index is 0.235. The third kappa shape index (κ3) is 5.81. The van der Waals surface area contributed by atoms with Crippen LogP contribution in [0.15, 0.2) is 54.9 Å². The second-order valence-electron chi connectivity index (χ2n) is 8.27. The molecule has 1 aliphatic rings. The quantitative estimate of drug-likeness (QED) is 0.544. The summed E-state index contributed by atoms with van der Waals surface area (Å²) in [6.07, 6.45) is 5.38. The number of fused-ring (bicyclic) bond motifs is 1. The van der Waals surface area contributed by atoms with Gasteiger partial charge >= 0.3 is 0 Å². The van der Waals surface area contributed by atoms with Crippen molar-refractivity contribution < 1.29 is 18.4 Å². The zero-order valence-electron chi connectivity index (χ0n) is 18.5. The molecule has 0 aliphatic carbocycles. The monoisotopic (exact) mass is 494 g/mol. The first-order valence-corrected chi connectivity index (χ1v) is 11.3. The third-order valence-corrected chi connectivity index (χ3v) is 6.07. The summed E-state index contributed by atoms with van der Waals surface area (Å²) >= 11 is 6.04. The summed E-state index contributed by atoms with van der Waals surface area (Å²) in [5.41, 5.74) is 1.76. The molecule has 178 valence electrons. The van der Waals surface area contributed by atoms with Crippen LogP contribution in [0.25, 0.3) is 22.9 Å². The first-order valence-electron chi connectivity index (χ1n) is 10.9. The molecule has 35 heavy (non-hydrogen) atoms. The number of piperidine rings is 1. The number of alkyl halides is 2. The van der Waals surface area contributed by atoms with Crippen LogP contribution in [0.1, 0.15) is 34.3 Å². The summed E-state index contributed by atoms with van der Waals surface area (Å²) in [7, 11) is 0. The zero-order chi connectivity index (χ0) is 25.0. The second kappa shape index (κ2) is 10.2. The Kier molecular flexibility index (Phi) is 7.08. The van der Waals surface area contributed by atoms with Crippen LogP contribution in [0.4, 0.5) is 8.78 Å². The molecule has 3 aromatic rings. The Labute approximate surface area is 205 Å². The first-order chi connectivity index (χ1) is 16.8. The Bertz CT molecular complexity index is 1350. The number of likely N-dealkylation sites (tertiary alicyclic amines) is 1. The fourth-order valence-electron chi connectivity index (χ4n) is 3.97. The van der Waals surface area contributed by atoms with Crippen LogP contribution < -0.4 is 5.32 Å². The van der Waals surface area contributed by atoms with Gasteiger partial charge < -0.3 is 10.2 Å². The molecule has 1 fully saturated rings. The molecule has 4 rings (SSSR count). The van der Waals surface area contributed by atoms with Crippen molar-refractivity contribution in [3.8, 4) is 6.07 Å². The maximum absolute atomic E-state index is 13.6. The Balaban J connectivity index is 1.44. The van der Waals surface area contributed by atoms with Crippen molar-refractivity contribution in [3.63, 3.8) is 0 Å². The van der Waals surface area contributed by atoms with Gasteiger partial charge in [0.1, 0.15) is 6.04 Å². The molecule has 0 saturated carbocycles. The fourth-order valence-corrected chi connectivity index (χ4v) is 4.15. The SMILES string of the molecule is N#CC1CC(F)(F)CCN1C(=O)CNC(=O)c1ccncc1C=Cc1ccc2cc(Cl)ccc2c1. The minimum Gasteiger partial charge on any atom is -0.343 e. The highest BCUT2D eigenvalue weighted by Gasteiger charge is 2.42. The van der Waals surface area contributed by atoms with Crippen molar-refractivity contribution in [1.82, 2.24) is 15.2 Å². The number of nitrogens with zero attached hydrogens (tertiary/aromatic N) is 3. The van der Waals surface area contributed by atoms with Crippen LogP contribution in [-0.2, 0) is 4.79 Å². The molecule has 9 heteroatoms. The van der Waals surface area contributed by atoms with E-state index in [1.807, 2.05) is 42.5 Å². The molecule has 1 N–H and O–H groups in total. The van der Waals surface area contributed by atoms with Crippen LogP contribution >= 0.6 is 11.6 Å². The van der Waals surface area contributed by atoms with Crippen LogP contribution in [-0.4, -0.2) is 46.8 Å². The van der Waals surface area contributed by atoms with Gasteiger partial charge in [0.25, 0.3) is 11.8 Å². The van der Waals surface area contributed by atoms with Crippen molar-refractivity contribution in [1.29, 1.82) is 5.26 Å². The summed E-state index contributed by atoms with van der Waals surface area (Å²) in [5.74, 6) is -4.07. The van der Waals surface area contributed by atoms with Crippen LogP contribution in [0.3, 0.4) is 0 Å². The fraction of sp³-hybridized carbons (Fsp3) is 0.231. The van der Waals surface area contributed by atoms with E-state index in [1.54, 1.807) is 12.1 Å². The van der Waals surface area contributed by atoms with Crippen LogP contribution in [0.5, 0.6) is 0 Å². The predicted molar refractivity (Wildman–Crippen MR) is 130 cm³/mol. The molecule has 0 bridgehead atoms. The topological polar surface area (TPSA) is 86.1 Å². The zero-order valence-corrected chi connectivity index (χ0v) is 19.3. The molecule has 2 amide bonds. The van der Waals surface area contributed by atoms with E-state index in [0.717, 1.165) is 21.2 Å². The summed E-state index contributed by atoms with van der Waals surface area (Å²) in [5, 5.41) is 14.4. The molecular formula is C26H21ClF2N4O2. The van der Waals surface area contributed by atoms with Gasteiger partial charge in [0.05, 0.1) is 12.6 Å². The maximum Gasteiger partial charge on any atom is 0.252 e. The average Bonchev–Trinajstić information content (AvgIpc) is 2.85. The molecule has 0 spiro atoms. The first kappa shape index (κ1) is 24.3. The van der Waals surface area contributed by atoms with E-state index in [2.05, 4.69) is 10.3 Å². The highest BCUT2D eigenvalue weighted by molar-refractivity contribution is 6.31. The number of nitrogens with one attached hydrogen (secondary N) is 1. The highest BCUT2D eigenvalue weighted by atomic mass is 35.5. The molecule has 0 radical (unpaired) electrons. The van der Waals surface area contributed by atoms with Gasteiger partial charge in [-0.2, -0.15) is 5.26 Å². The number of nitriles is 1. The number of carbonyl (C=O) groups is 2. The van der Waals surface area contributed by atoms with E-state index in [4.69, 9.17) is 11.6 Å². The Morgan fingerprint density at radius 3 is 2.77 bits per heavy atom. The van der Waals surface area contributed by atoms with Gasteiger partial charge in [-0.3, -0.25) is 14.6 Å². The van der Waals surface area contributed by atoms with Crippen LogP contribution in [0, 0.1) is 11.3 Å². The van der Waals surface area contributed by atoms with E-state index >= 15 is 0 Å². The van der Waals surface area contributed by atoms with Crippen LogP contribution in [0.2, 0.25) is 5.02 Å². The number of aromatic nitrogens is 1. The van der Waals surface area contributed by atoms with Crippen molar-refractivity contribution >= 4 is 46.3 Å². The minimum atomic E-state index is -2.98. The van der Waals surface area contributed by atoms with E-state index in [0.29, 0.717) is 16.1 Å². The number of hydrogen-bond acceptors (Lipinski definition) is 4. The number of benzene rings is 2. The normalized spacial score (nSPS) is 17.3. The smallest absolute Gasteiger partial charge is 0.252 e. The maximum atomic E-state index is 13.6. The van der Waals surface area contributed by atoms with Gasteiger partial charge in [-0.05, 0) is 40.6 Å². The number of amides is 2. The van der Waals surface area contributed by atoms with E-state index in [-0.39, 0.29) is 6.54 Å². The van der Waals surface area contributed by atoms with E-state index < -0.39 is 43.2 Å². The van der Waals surface area contributed by atoms with Crippen molar-refractivity contribution in [2.75, 3.05) is 13.1 Å². The molecule has 1 aromatic heterocycles. The predicted octanol–water partition coefficient (Wildman–Crippen LogP) is 4.94. The Morgan fingerprint density at radius 1 is 1.20 bits per heavy atom. The van der Waals surface area contributed by atoms with Gasteiger partial charge in [0.2, 0.25) is 5.91 Å². The molecule has 2 aromatic carbocycles. The molecule has 1 atom stereocenters. The number of halogens is 3. The molecule has 1 unspecified atom stereocenters. The molecule has 2 heterocycles. The van der Waals surface area contributed by atoms with Gasteiger partial charge in [-0.1, -0.05) is 42.0 Å². The van der Waals surface area contributed by atoms with Crippen molar-refractivity contribution in [3.05, 3.63) is 76.6 Å². The van der Waals surface area contributed by atoms with Gasteiger partial charge in [0.15, 0.2) is 0 Å². The summed E-state index contributed by atoms with van der Waals surface area (Å²) in [4.78, 5) is 30.5. The van der Waals surface area contributed by atoms with Gasteiger partial charge in [0, 0.05) is 47.9 Å². The number of carbonyl (C=O) groups excluding carboxylic acids is 2. The summed E-state index contributed by atoms with van der Waals surface area (Å²) < 4.78 is 27.1. The van der Waals surface area contributed by atoms with E-state index in [9.17, 15) is 23.6 Å². The summed E-state index contributed by atoms with van der Waals surface area (Å²) in [6.45, 7) is -0.636. The van der Waals surface area contributed by atoms with E-state index in [1.165, 1.54) is 18.5 Å². The average molecular weight is 495 g/mol. The number of rotatable bonds is 5. The number of hydrogen-bond donors (Lipinski definition) is 1. The molecule has 1 aliphatic heterocycles. The largest absolute Gasteiger partial charge is 0.343 e. The Morgan fingerprint density at radius 2 is 1.97 bits per heavy atom. The lowest BCUT2D eigenvalue weighted by molar-refractivity contribution is -0.139. The molecule has 1 saturated heterocycles. The standard InChI is InChI=1S/C26H21ClF2N4O2/c27-21-6-5-18-11-17(1-3-19(18)12-21)2-4-20-15-31-9-7-23(20)25(35)32-16-24(34)33-10-8-26(28,29)13-22(33)14-30/h1-7,9,11-12,15,22H,8,10,13,16H2,(H,32,35). The lowest BCUT2D eigenvalue weighted by atomic mass is 9.99. The van der Waals surface area contributed by atoms with Gasteiger partial charge in [-0.25, -0.2) is 8.78 Å². The number of pyridine rings is 1. The lowest BCUT2D eigenvalue weighted by Gasteiger charge is -2.35. The Hall–Kier alpha value is -3.83. The second-order valence-corrected chi connectivity index (χ2v) is 8.71. The summed E-state index contributed by atoms with van der Waals surface area (Å²) in [6, 6.07) is 13.6. The highest BCUT2D eigenvalue weighted by Crippen LogP contribution is 2.31. The molecule has 6 nitrogen and oxygen atoms in total. The van der Waals surface area contributed by atoms with Crippen molar-refractivity contribution in [2.45, 2.75) is 24.8 Å². The lowest BCUT2D eigenvalue weighted by Crippen LogP contribution is -2.51.